The molecule has 0 fully saturated rings. The fraction of sp³-hybridized carbons (Fsp3) is 0.263. The molecular formula is C19H21N3O. The van der Waals surface area contributed by atoms with E-state index in [1.165, 1.54) is 0 Å². The van der Waals surface area contributed by atoms with E-state index in [9.17, 15) is 4.79 Å². The number of carbonyl (C=O) groups excluding carboxylic acids is 1. The lowest BCUT2D eigenvalue weighted by atomic mass is 9.98. The van der Waals surface area contributed by atoms with E-state index in [0.717, 1.165) is 23.3 Å². The zero-order valence-corrected chi connectivity index (χ0v) is 13.4. The summed E-state index contributed by atoms with van der Waals surface area (Å²) in [7, 11) is 0. The number of imidazole rings is 1. The molecule has 0 bridgehead atoms. The summed E-state index contributed by atoms with van der Waals surface area (Å²) in [6.45, 7) is 4.25. The molecule has 0 aliphatic heterocycles. The lowest BCUT2D eigenvalue weighted by molar-refractivity contribution is 0.0920. The number of nitrogens with one attached hydrogen (secondary N) is 2. The summed E-state index contributed by atoms with van der Waals surface area (Å²) in [5.74, 6) is 1.02. The van der Waals surface area contributed by atoms with Crippen LogP contribution in [0.3, 0.4) is 0 Å². The molecule has 1 aromatic heterocycles. The van der Waals surface area contributed by atoms with Crippen LogP contribution in [0.4, 0.5) is 0 Å². The second kappa shape index (κ2) is 6.65. The van der Waals surface area contributed by atoms with Gasteiger partial charge in [0.1, 0.15) is 5.82 Å². The van der Waals surface area contributed by atoms with E-state index in [0.29, 0.717) is 5.56 Å². The van der Waals surface area contributed by atoms with E-state index < -0.39 is 0 Å². The Bertz CT molecular complexity index is 761. The maximum Gasteiger partial charge on any atom is 0.251 e. The molecule has 0 radical (unpaired) electrons. The Morgan fingerprint density at radius 1 is 1.13 bits per heavy atom. The first-order valence-corrected chi connectivity index (χ1v) is 7.99. The van der Waals surface area contributed by atoms with E-state index in [-0.39, 0.29) is 17.9 Å². The number of aromatic amines is 1. The van der Waals surface area contributed by atoms with E-state index in [4.69, 9.17) is 0 Å². The molecule has 0 saturated heterocycles. The third kappa shape index (κ3) is 3.26. The number of carbonyl (C=O) groups is 1. The molecule has 3 aromatic rings. The first-order valence-electron chi connectivity index (χ1n) is 7.99. The van der Waals surface area contributed by atoms with Crippen molar-refractivity contribution >= 4 is 16.9 Å². The Balaban J connectivity index is 1.90. The first kappa shape index (κ1) is 15.3. The molecule has 1 heterocycles. The molecule has 0 spiro atoms. The Morgan fingerprint density at radius 3 is 2.52 bits per heavy atom. The van der Waals surface area contributed by atoms with Gasteiger partial charge in [-0.2, -0.15) is 0 Å². The molecule has 3 rings (SSSR count). The zero-order valence-electron chi connectivity index (χ0n) is 13.4. The third-order valence-electron chi connectivity index (χ3n) is 4.24. The van der Waals surface area contributed by atoms with Crippen molar-refractivity contribution in [2.45, 2.75) is 26.3 Å². The maximum atomic E-state index is 12.5. The van der Waals surface area contributed by atoms with Crippen molar-refractivity contribution < 1.29 is 4.79 Å². The average Bonchev–Trinajstić information content (AvgIpc) is 3.03. The van der Waals surface area contributed by atoms with Crippen molar-refractivity contribution in [3.05, 3.63) is 66.0 Å². The topological polar surface area (TPSA) is 57.8 Å². The van der Waals surface area contributed by atoms with Crippen LogP contribution in [0.1, 0.15) is 42.5 Å². The van der Waals surface area contributed by atoms with Gasteiger partial charge < -0.3 is 10.3 Å². The van der Waals surface area contributed by atoms with Gasteiger partial charge in [0.15, 0.2) is 0 Å². The van der Waals surface area contributed by atoms with Crippen LogP contribution in [0.25, 0.3) is 11.0 Å². The quantitative estimate of drug-likeness (QED) is 0.746. The van der Waals surface area contributed by atoms with Crippen molar-refractivity contribution in [3.8, 4) is 0 Å². The third-order valence-corrected chi connectivity index (χ3v) is 4.24. The Morgan fingerprint density at radius 2 is 1.83 bits per heavy atom. The highest BCUT2D eigenvalue weighted by atomic mass is 16.1. The van der Waals surface area contributed by atoms with Crippen molar-refractivity contribution in [1.29, 1.82) is 0 Å². The van der Waals surface area contributed by atoms with Crippen molar-refractivity contribution in [2.75, 3.05) is 0 Å². The monoisotopic (exact) mass is 307 g/mol. The van der Waals surface area contributed by atoms with Gasteiger partial charge in [0.05, 0.1) is 17.1 Å². The van der Waals surface area contributed by atoms with Crippen LogP contribution in [0.15, 0.2) is 54.6 Å². The predicted molar refractivity (Wildman–Crippen MR) is 92.2 cm³/mol. The van der Waals surface area contributed by atoms with Crippen LogP contribution in [-0.2, 0) is 0 Å². The summed E-state index contributed by atoms with van der Waals surface area (Å²) >= 11 is 0. The van der Waals surface area contributed by atoms with E-state index >= 15 is 0 Å². The number of benzene rings is 2. The molecule has 0 aliphatic carbocycles. The molecule has 4 nitrogen and oxygen atoms in total. The summed E-state index contributed by atoms with van der Waals surface area (Å²) in [4.78, 5) is 20.5. The van der Waals surface area contributed by atoms with Gasteiger partial charge in [-0.3, -0.25) is 4.79 Å². The summed E-state index contributed by atoms with van der Waals surface area (Å²) in [6.07, 6.45) is 0.955. The summed E-state index contributed by atoms with van der Waals surface area (Å²) in [5, 5.41) is 3.13. The molecule has 2 atom stereocenters. The molecule has 2 N–H and O–H groups in total. The molecule has 118 valence electrons. The van der Waals surface area contributed by atoms with Gasteiger partial charge in [-0.15, -0.1) is 0 Å². The minimum absolute atomic E-state index is 0.0728. The normalized spacial score (nSPS) is 13.7. The largest absolute Gasteiger partial charge is 0.342 e. The number of aromatic nitrogens is 2. The van der Waals surface area contributed by atoms with E-state index in [2.05, 4.69) is 29.1 Å². The van der Waals surface area contributed by atoms with Gasteiger partial charge in [0, 0.05) is 5.56 Å². The van der Waals surface area contributed by atoms with Crippen molar-refractivity contribution in [3.63, 3.8) is 0 Å². The lowest BCUT2D eigenvalue weighted by Gasteiger charge is -2.22. The number of rotatable bonds is 5. The Hall–Kier alpha value is -2.62. The maximum absolute atomic E-state index is 12.5. The Kier molecular flexibility index (Phi) is 4.42. The molecule has 1 amide bonds. The summed E-state index contributed by atoms with van der Waals surface area (Å²) in [5.41, 5.74) is 2.58. The van der Waals surface area contributed by atoms with Gasteiger partial charge in [-0.25, -0.2) is 4.98 Å². The number of H-pyrrole nitrogens is 1. The average molecular weight is 307 g/mol. The fourth-order valence-electron chi connectivity index (χ4n) is 2.65. The zero-order chi connectivity index (χ0) is 16.2. The summed E-state index contributed by atoms with van der Waals surface area (Å²) in [6, 6.07) is 17.1. The van der Waals surface area contributed by atoms with Gasteiger partial charge in [-0.1, -0.05) is 50.6 Å². The van der Waals surface area contributed by atoms with Crippen LogP contribution >= 0.6 is 0 Å². The second-order valence-electron chi connectivity index (χ2n) is 5.84. The highest BCUT2D eigenvalue weighted by Gasteiger charge is 2.24. The molecular weight excluding hydrogens is 286 g/mol. The number of hydrogen-bond acceptors (Lipinski definition) is 2. The minimum Gasteiger partial charge on any atom is -0.342 e. The van der Waals surface area contributed by atoms with Gasteiger partial charge in [-0.05, 0) is 30.2 Å². The van der Waals surface area contributed by atoms with Gasteiger partial charge in [0.25, 0.3) is 5.91 Å². The number of fused-ring (bicyclic) bond motifs is 1. The van der Waals surface area contributed by atoms with E-state index in [1.807, 2.05) is 54.6 Å². The molecule has 0 unspecified atom stereocenters. The predicted octanol–water partition coefficient (Wildman–Crippen LogP) is 4.08. The molecule has 23 heavy (non-hydrogen) atoms. The Labute approximate surface area is 136 Å². The van der Waals surface area contributed by atoms with Crippen molar-refractivity contribution in [2.24, 2.45) is 5.92 Å². The number of hydrogen-bond donors (Lipinski definition) is 2. The van der Waals surface area contributed by atoms with Crippen LogP contribution < -0.4 is 5.32 Å². The number of nitrogens with zero attached hydrogens (tertiary/aromatic N) is 1. The molecule has 0 aliphatic rings. The number of para-hydroxylation sites is 2. The highest BCUT2D eigenvalue weighted by molar-refractivity contribution is 5.94. The van der Waals surface area contributed by atoms with Gasteiger partial charge in [0.2, 0.25) is 0 Å². The summed E-state index contributed by atoms with van der Waals surface area (Å²) < 4.78 is 0. The first-order chi connectivity index (χ1) is 11.2. The van der Waals surface area contributed by atoms with Crippen LogP contribution in [0.5, 0.6) is 0 Å². The minimum atomic E-state index is -0.139. The SMILES string of the molecule is CC[C@@H](C)[C@H](NC(=O)c1ccccc1)c1nc2ccccc2[nH]1. The molecule has 0 saturated carbocycles. The van der Waals surface area contributed by atoms with E-state index in [1.54, 1.807) is 0 Å². The lowest BCUT2D eigenvalue weighted by Crippen LogP contribution is -2.33. The van der Waals surface area contributed by atoms with Crippen molar-refractivity contribution in [1.82, 2.24) is 15.3 Å². The highest BCUT2D eigenvalue weighted by Crippen LogP contribution is 2.25. The van der Waals surface area contributed by atoms with Crippen LogP contribution in [-0.4, -0.2) is 15.9 Å². The van der Waals surface area contributed by atoms with Crippen LogP contribution in [0, 0.1) is 5.92 Å². The number of amides is 1. The standard InChI is InChI=1S/C19H21N3O/c1-3-13(2)17(22-19(23)14-9-5-4-6-10-14)18-20-15-11-7-8-12-16(15)21-18/h4-13,17H,3H2,1-2H3,(H,20,21)(H,22,23)/t13-,17+/m1/s1. The van der Waals surface area contributed by atoms with Gasteiger partial charge >= 0.3 is 0 Å². The fourth-order valence-corrected chi connectivity index (χ4v) is 2.65. The molecule has 2 aromatic carbocycles. The smallest absolute Gasteiger partial charge is 0.251 e. The second-order valence-corrected chi connectivity index (χ2v) is 5.84. The van der Waals surface area contributed by atoms with Crippen LogP contribution in [0.2, 0.25) is 0 Å². The molecule has 4 heteroatoms.